The van der Waals surface area contributed by atoms with E-state index in [1.807, 2.05) is 44.4 Å². The van der Waals surface area contributed by atoms with Gasteiger partial charge in [-0.3, -0.25) is 5.32 Å². The first-order chi connectivity index (χ1) is 7.11. The lowest BCUT2D eigenvalue weighted by Gasteiger charge is -2.09. The van der Waals surface area contributed by atoms with E-state index < -0.39 is 6.09 Å². The maximum Gasteiger partial charge on any atom is 0.411 e. The van der Waals surface area contributed by atoms with Crippen LogP contribution in [-0.2, 0) is 4.74 Å². The van der Waals surface area contributed by atoms with Crippen LogP contribution in [0.3, 0.4) is 0 Å². The van der Waals surface area contributed by atoms with Gasteiger partial charge in [0.2, 0.25) is 0 Å². The fourth-order valence-electron chi connectivity index (χ4n) is 1.06. The molecule has 0 spiro atoms. The second-order valence-corrected chi connectivity index (χ2v) is 4.19. The summed E-state index contributed by atoms with van der Waals surface area (Å²) in [5, 5.41) is 2.67. The van der Waals surface area contributed by atoms with Crippen molar-refractivity contribution in [3.05, 3.63) is 24.3 Å². The highest BCUT2D eigenvalue weighted by Gasteiger charge is 2.05. The molecule has 0 aliphatic rings. The molecule has 0 aliphatic heterocycles. The largest absolute Gasteiger partial charge is 0.447 e. The average Bonchev–Trinajstić information content (AvgIpc) is 2.16. The molecule has 1 aromatic carbocycles. The number of benzene rings is 1. The molecule has 15 heavy (non-hydrogen) atoms. The molecule has 82 valence electrons. The highest BCUT2D eigenvalue weighted by molar-refractivity contribution is 7.98. The highest BCUT2D eigenvalue weighted by Crippen LogP contribution is 2.19. The predicted octanol–water partition coefficient (Wildman–Crippen LogP) is 3.37. The maximum absolute atomic E-state index is 11.3. The normalized spacial score (nSPS) is 10.1. The summed E-state index contributed by atoms with van der Waals surface area (Å²) < 4.78 is 4.97. The van der Waals surface area contributed by atoms with Gasteiger partial charge in [0.15, 0.2) is 0 Å². The van der Waals surface area contributed by atoms with E-state index in [9.17, 15) is 4.79 Å². The van der Waals surface area contributed by atoms with E-state index in [4.69, 9.17) is 4.74 Å². The number of carbonyl (C=O) groups excluding carboxylic acids is 1. The lowest BCUT2D eigenvalue weighted by Crippen LogP contribution is -2.17. The van der Waals surface area contributed by atoms with Crippen molar-refractivity contribution >= 4 is 23.5 Å². The molecule has 0 aromatic heterocycles. The topological polar surface area (TPSA) is 38.3 Å². The second-order valence-electron chi connectivity index (χ2n) is 3.31. The summed E-state index contributed by atoms with van der Waals surface area (Å²) in [5.74, 6) is 0. The van der Waals surface area contributed by atoms with Crippen LogP contribution in [0.2, 0.25) is 0 Å². The Morgan fingerprint density at radius 3 is 2.80 bits per heavy atom. The molecule has 0 radical (unpaired) electrons. The van der Waals surface area contributed by atoms with Crippen LogP contribution in [0.1, 0.15) is 13.8 Å². The number of nitrogens with one attached hydrogen (secondary N) is 1. The van der Waals surface area contributed by atoms with E-state index in [1.54, 1.807) is 11.8 Å². The standard InChI is InChI=1S/C11H15NO2S/c1-8(2)14-11(13)12-9-5-4-6-10(7-9)15-3/h4-8H,1-3H3,(H,12,13). The quantitative estimate of drug-likeness (QED) is 0.801. The third-order valence-corrected chi connectivity index (χ3v) is 2.38. The van der Waals surface area contributed by atoms with Gasteiger partial charge in [0.1, 0.15) is 0 Å². The lowest BCUT2D eigenvalue weighted by atomic mass is 10.3. The van der Waals surface area contributed by atoms with E-state index in [-0.39, 0.29) is 6.10 Å². The van der Waals surface area contributed by atoms with Gasteiger partial charge in [0, 0.05) is 10.6 Å². The summed E-state index contributed by atoms with van der Waals surface area (Å²) in [4.78, 5) is 12.4. The van der Waals surface area contributed by atoms with Gasteiger partial charge in [-0.25, -0.2) is 4.79 Å². The summed E-state index contributed by atoms with van der Waals surface area (Å²) in [6.07, 6.45) is 1.47. The minimum atomic E-state index is -0.414. The van der Waals surface area contributed by atoms with Gasteiger partial charge in [0.25, 0.3) is 0 Å². The fraction of sp³-hybridized carbons (Fsp3) is 0.364. The molecule has 1 aromatic rings. The van der Waals surface area contributed by atoms with Crippen LogP contribution >= 0.6 is 11.8 Å². The van der Waals surface area contributed by atoms with Gasteiger partial charge in [-0.15, -0.1) is 11.8 Å². The molecule has 3 nitrogen and oxygen atoms in total. The molecular weight excluding hydrogens is 210 g/mol. The molecule has 0 aliphatic carbocycles. The Hall–Kier alpha value is -1.16. The molecule has 0 atom stereocenters. The van der Waals surface area contributed by atoms with Crippen molar-refractivity contribution in [2.45, 2.75) is 24.8 Å². The SMILES string of the molecule is CSc1cccc(NC(=O)OC(C)C)c1. The molecule has 0 fully saturated rings. The number of rotatable bonds is 3. The number of amides is 1. The van der Waals surface area contributed by atoms with E-state index in [1.165, 1.54) is 0 Å². The second kappa shape index (κ2) is 5.66. The molecule has 4 heteroatoms. The molecule has 1 amide bonds. The Labute approximate surface area is 94.2 Å². The smallest absolute Gasteiger partial charge is 0.411 e. The monoisotopic (exact) mass is 225 g/mol. The molecule has 0 bridgehead atoms. The van der Waals surface area contributed by atoms with Gasteiger partial charge < -0.3 is 4.74 Å². The van der Waals surface area contributed by atoms with Crippen LogP contribution in [0.4, 0.5) is 10.5 Å². The van der Waals surface area contributed by atoms with Crippen molar-refractivity contribution in [3.8, 4) is 0 Å². The van der Waals surface area contributed by atoms with Crippen LogP contribution in [0.25, 0.3) is 0 Å². The first-order valence-corrected chi connectivity index (χ1v) is 5.96. The van der Waals surface area contributed by atoms with Gasteiger partial charge in [-0.05, 0) is 38.3 Å². The number of hydrogen-bond donors (Lipinski definition) is 1. The van der Waals surface area contributed by atoms with Crippen LogP contribution in [-0.4, -0.2) is 18.5 Å². The van der Waals surface area contributed by atoms with Crippen LogP contribution in [0.15, 0.2) is 29.2 Å². The summed E-state index contributed by atoms with van der Waals surface area (Å²) in [7, 11) is 0. The predicted molar refractivity (Wildman–Crippen MR) is 63.5 cm³/mol. The summed E-state index contributed by atoms with van der Waals surface area (Å²) in [6, 6.07) is 7.63. The first-order valence-electron chi connectivity index (χ1n) is 4.73. The Kier molecular flexibility index (Phi) is 4.49. The molecule has 0 heterocycles. The van der Waals surface area contributed by atoms with E-state index in [0.717, 1.165) is 10.6 Å². The van der Waals surface area contributed by atoms with Crippen molar-refractivity contribution < 1.29 is 9.53 Å². The number of thioether (sulfide) groups is 1. The van der Waals surface area contributed by atoms with Crippen molar-refractivity contribution in [2.24, 2.45) is 0 Å². The van der Waals surface area contributed by atoms with E-state index in [0.29, 0.717) is 0 Å². The Morgan fingerprint density at radius 1 is 1.47 bits per heavy atom. The highest BCUT2D eigenvalue weighted by atomic mass is 32.2. The number of ether oxygens (including phenoxy) is 1. The van der Waals surface area contributed by atoms with Crippen LogP contribution < -0.4 is 5.32 Å². The third-order valence-electron chi connectivity index (χ3n) is 1.66. The molecule has 1 N–H and O–H groups in total. The van der Waals surface area contributed by atoms with Crippen molar-refractivity contribution in [1.82, 2.24) is 0 Å². The van der Waals surface area contributed by atoms with E-state index in [2.05, 4.69) is 5.32 Å². The van der Waals surface area contributed by atoms with Gasteiger partial charge in [-0.2, -0.15) is 0 Å². The zero-order valence-electron chi connectivity index (χ0n) is 9.11. The minimum absolute atomic E-state index is 0.103. The third kappa shape index (κ3) is 4.25. The molecule has 0 unspecified atom stereocenters. The molecule has 1 rings (SSSR count). The number of hydrogen-bond acceptors (Lipinski definition) is 3. The lowest BCUT2D eigenvalue weighted by molar-refractivity contribution is 0.130. The van der Waals surface area contributed by atoms with Crippen molar-refractivity contribution in [2.75, 3.05) is 11.6 Å². The molecule has 0 saturated heterocycles. The zero-order chi connectivity index (χ0) is 11.3. The fourth-order valence-corrected chi connectivity index (χ4v) is 1.52. The number of anilines is 1. The average molecular weight is 225 g/mol. The first kappa shape index (κ1) is 11.9. The molecular formula is C11H15NO2S. The van der Waals surface area contributed by atoms with Crippen LogP contribution in [0, 0.1) is 0 Å². The summed E-state index contributed by atoms with van der Waals surface area (Å²) in [6.45, 7) is 3.63. The summed E-state index contributed by atoms with van der Waals surface area (Å²) in [5.41, 5.74) is 0.757. The Balaban J connectivity index is 2.60. The molecule has 0 saturated carbocycles. The van der Waals surface area contributed by atoms with Gasteiger partial charge in [0.05, 0.1) is 6.10 Å². The Morgan fingerprint density at radius 2 is 2.20 bits per heavy atom. The van der Waals surface area contributed by atoms with Crippen molar-refractivity contribution in [3.63, 3.8) is 0 Å². The van der Waals surface area contributed by atoms with Gasteiger partial charge >= 0.3 is 6.09 Å². The summed E-state index contributed by atoms with van der Waals surface area (Å²) >= 11 is 1.63. The van der Waals surface area contributed by atoms with E-state index >= 15 is 0 Å². The van der Waals surface area contributed by atoms with Crippen LogP contribution in [0.5, 0.6) is 0 Å². The Bertz CT molecular complexity index is 339. The van der Waals surface area contributed by atoms with Gasteiger partial charge in [-0.1, -0.05) is 6.07 Å². The zero-order valence-corrected chi connectivity index (χ0v) is 9.93. The van der Waals surface area contributed by atoms with Crippen molar-refractivity contribution in [1.29, 1.82) is 0 Å². The minimum Gasteiger partial charge on any atom is -0.447 e. The number of carbonyl (C=O) groups is 1. The maximum atomic E-state index is 11.3.